The van der Waals surface area contributed by atoms with E-state index in [-0.39, 0.29) is 9.92 Å². The predicted molar refractivity (Wildman–Crippen MR) is 51.5 cm³/mol. The van der Waals surface area contributed by atoms with Crippen molar-refractivity contribution in [3.05, 3.63) is 28.8 Å². The van der Waals surface area contributed by atoms with Crippen molar-refractivity contribution in [2.75, 3.05) is 0 Å². The summed E-state index contributed by atoms with van der Waals surface area (Å²) in [7, 11) is -3.95. The van der Waals surface area contributed by atoms with Crippen molar-refractivity contribution in [1.82, 2.24) is 0 Å². The van der Waals surface area contributed by atoms with Gasteiger partial charge in [0.2, 0.25) is 0 Å². The molecule has 0 aliphatic rings. The first-order chi connectivity index (χ1) is 6.47. The van der Waals surface area contributed by atoms with Crippen LogP contribution < -0.4 is 0 Å². The van der Waals surface area contributed by atoms with Gasteiger partial charge in [0.15, 0.2) is 0 Å². The van der Waals surface area contributed by atoms with Gasteiger partial charge in [0, 0.05) is 5.02 Å². The molecule has 0 unspecified atom stereocenters. The third-order valence-corrected chi connectivity index (χ3v) is 3.13. The highest BCUT2D eigenvalue weighted by Crippen LogP contribution is 2.21. The number of benzene rings is 1. The first kappa shape index (κ1) is 10.9. The largest absolute Gasteiger partial charge is 0.292 e. The van der Waals surface area contributed by atoms with Crippen LogP contribution in [0.1, 0.15) is 5.56 Å². The summed E-state index contributed by atoms with van der Waals surface area (Å²) in [5, 5.41) is 0.273. The Morgan fingerprint density at radius 3 is 2.64 bits per heavy atom. The Balaban J connectivity index is 3.46. The van der Waals surface area contributed by atoms with E-state index in [0.717, 1.165) is 6.08 Å². The Bertz CT molecular complexity index is 503. The molecule has 6 heteroatoms. The summed E-state index contributed by atoms with van der Waals surface area (Å²) >= 11 is 5.62. The minimum Gasteiger partial charge on any atom is -0.210 e. The van der Waals surface area contributed by atoms with Gasteiger partial charge in [-0.15, -0.1) is 0 Å². The SMILES string of the molecule is Cc1ccc(Cl)cc1S(=O)(=O)N=C=O. The van der Waals surface area contributed by atoms with E-state index in [1.54, 1.807) is 13.0 Å². The maximum absolute atomic E-state index is 11.3. The number of carbonyl (C=O) groups excluding carboxylic acids is 1. The first-order valence-electron chi connectivity index (χ1n) is 3.57. The quantitative estimate of drug-likeness (QED) is 0.575. The van der Waals surface area contributed by atoms with Crippen LogP contribution in [0, 0.1) is 6.92 Å². The van der Waals surface area contributed by atoms with Gasteiger partial charge in [0.1, 0.15) is 0 Å². The van der Waals surface area contributed by atoms with Crippen LogP contribution in [0.25, 0.3) is 0 Å². The normalized spacial score (nSPS) is 10.7. The van der Waals surface area contributed by atoms with Crippen molar-refractivity contribution < 1.29 is 13.2 Å². The Morgan fingerprint density at radius 2 is 2.07 bits per heavy atom. The number of isocyanates is 1. The molecule has 14 heavy (non-hydrogen) atoms. The summed E-state index contributed by atoms with van der Waals surface area (Å²) in [6.07, 6.45) is 0.997. The van der Waals surface area contributed by atoms with Crippen LogP contribution in [0.5, 0.6) is 0 Å². The first-order valence-corrected chi connectivity index (χ1v) is 5.39. The number of hydrogen-bond donors (Lipinski definition) is 0. The molecule has 0 N–H and O–H groups in total. The second-order valence-corrected chi connectivity index (χ2v) is 4.58. The van der Waals surface area contributed by atoms with Crippen LogP contribution in [0.15, 0.2) is 27.5 Å². The summed E-state index contributed by atoms with van der Waals surface area (Å²) < 4.78 is 25.4. The molecule has 0 saturated heterocycles. The van der Waals surface area contributed by atoms with E-state index >= 15 is 0 Å². The van der Waals surface area contributed by atoms with E-state index in [0.29, 0.717) is 5.56 Å². The molecule has 0 aliphatic heterocycles. The monoisotopic (exact) mass is 231 g/mol. The summed E-state index contributed by atoms with van der Waals surface area (Å²) in [4.78, 5) is 9.81. The molecule has 1 aromatic rings. The molecule has 0 saturated carbocycles. The second-order valence-electron chi connectivity index (χ2n) is 2.57. The number of nitrogens with zero attached hydrogens (tertiary/aromatic N) is 1. The molecule has 0 amide bonds. The highest BCUT2D eigenvalue weighted by atomic mass is 35.5. The molecule has 1 rings (SSSR count). The lowest BCUT2D eigenvalue weighted by Gasteiger charge is -2.01. The van der Waals surface area contributed by atoms with Crippen molar-refractivity contribution >= 4 is 27.7 Å². The lowest BCUT2D eigenvalue weighted by molar-refractivity contribution is 0.563. The molecule has 0 radical (unpaired) electrons. The summed E-state index contributed by atoms with van der Waals surface area (Å²) in [5.41, 5.74) is 0.480. The standard InChI is InChI=1S/C8H6ClNO3S/c1-6-2-3-7(9)4-8(6)14(12,13)10-5-11/h2-4H,1H3. The highest BCUT2D eigenvalue weighted by Gasteiger charge is 2.15. The van der Waals surface area contributed by atoms with Gasteiger partial charge in [-0.2, -0.15) is 8.42 Å². The average Bonchev–Trinajstić information content (AvgIpc) is 2.09. The Labute approximate surface area is 86.3 Å². The van der Waals surface area contributed by atoms with Crippen molar-refractivity contribution in [2.24, 2.45) is 4.40 Å². The number of halogens is 1. The molecule has 1 aromatic carbocycles. The molecule has 0 aromatic heterocycles. The average molecular weight is 232 g/mol. The van der Waals surface area contributed by atoms with Gasteiger partial charge in [-0.05, 0) is 24.6 Å². The van der Waals surface area contributed by atoms with Crippen LogP contribution in [0.4, 0.5) is 0 Å². The summed E-state index contributed by atoms with van der Waals surface area (Å²) in [5.74, 6) is 0. The number of rotatable bonds is 2. The molecule has 0 aliphatic carbocycles. The van der Waals surface area contributed by atoms with Gasteiger partial charge in [0.05, 0.1) is 4.90 Å². The topological polar surface area (TPSA) is 63.6 Å². The maximum Gasteiger partial charge on any atom is 0.292 e. The van der Waals surface area contributed by atoms with Crippen LogP contribution in [0.3, 0.4) is 0 Å². The molecule has 0 fully saturated rings. The molecule has 0 spiro atoms. The molecule has 0 heterocycles. The molecular weight excluding hydrogens is 226 g/mol. The summed E-state index contributed by atoms with van der Waals surface area (Å²) in [6.45, 7) is 1.59. The molecular formula is C8H6ClNO3S. The van der Waals surface area contributed by atoms with E-state index < -0.39 is 10.0 Å². The molecule has 0 bridgehead atoms. The summed E-state index contributed by atoms with van der Waals surface area (Å²) in [6, 6.07) is 4.34. The Kier molecular flexibility index (Phi) is 3.06. The van der Waals surface area contributed by atoms with Crippen molar-refractivity contribution in [3.8, 4) is 0 Å². The predicted octanol–water partition coefficient (Wildman–Crippen LogP) is 1.67. The van der Waals surface area contributed by atoms with Gasteiger partial charge < -0.3 is 0 Å². The van der Waals surface area contributed by atoms with E-state index in [1.165, 1.54) is 12.1 Å². The fraction of sp³-hybridized carbons (Fsp3) is 0.125. The minimum atomic E-state index is -3.95. The number of hydrogen-bond acceptors (Lipinski definition) is 3. The van der Waals surface area contributed by atoms with Crippen LogP contribution in [0.2, 0.25) is 5.02 Å². The van der Waals surface area contributed by atoms with Gasteiger partial charge in [-0.1, -0.05) is 22.1 Å². The molecule has 4 nitrogen and oxygen atoms in total. The zero-order valence-electron chi connectivity index (χ0n) is 7.19. The number of aryl methyl sites for hydroxylation is 1. The van der Waals surface area contributed by atoms with E-state index in [9.17, 15) is 13.2 Å². The van der Waals surface area contributed by atoms with Gasteiger partial charge in [0.25, 0.3) is 16.1 Å². The van der Waals surface area contributed by atoms with Crippen molar-refractivity contribution in [3.63, 3.8) is 0 Å². The number of sulfonamides is 1. The van der Waals surface area contributed by atoms with Gasteiger partial charge >= 0.3 is 0 Å². The third-order valence-electron chi connectivity index (χ3n) is 1.59. The van der Waals surface area contributed by atoms with E-state index in [2.05, 4.69) is 4.40 Å². The van der Waals surface area contributed by atoms with Crippen molar-refractivity contribution in [1.29, 1.82) is 0 Å². The zero-order valence-corrected chi connectivity index (χ0v) is 8.76. The smallest absolute Gasteiger partial charge is 0.210 e. The lowest BCUT2D eigenvalue weighted by Crippen LogP contribution is -1.98. The molecule has 74 valence electrons. The third kappa shape index (κ3) is 2.20. The second kappa shape index (κ2) is 3.92. The molecule has 0 atom stereocenters. The lowest BCUT2D eigenvalue weighted by atomic mass is 10.2. The van der Waals surface area contributed by atoms with Crippen LogP contribution >= 0.6 is 11.6 Å². The fourth-order valence-electron chi connectivity index (χ4n) is 0.950. The Hall–Kier alpha value is -1.16. The zero-order chi connectivity index (χ0) is 10.8. The highest BCUT2D eigenvalue weighted by molar-refractivity contribution is 7.90. The van der Waals surface area contributed by atoms with Gasteiger partial charge in [-0.25, -0.2) is 4.79 Å². The van der Waals surface area contributed by atoms with Crippen molar-refractivity contribution in [2.45, 2.75) is 11.8 Å². The Morgan fingerprint density at radius 1 is 1.43 bits per heavy atom. The van der Waals surface area contributed by atoms with Crippen LogP contribution in [-0.4, -0.2) is 14.5 Å². The van der Waals surface area contributed by atoms with Gasteiger partial charge in [-0.3, -0.25) is 0 Å². The van der Waals surface area contributed by atoms with Crippen LogP contribution in [-0.2, 0) is 14.8 Å². The maximum atomic E-state index is 11.3. The van der Waals surface area contributed by atoms with E-state index in [1.807, 2.05) is 0 Å². The minimum absolute atomic E-state index is 0.0756. The van der Waals surface area contributed by atoms with E-state index in [4.69, 9.17) is 11.6 Å². The fourth-order valence-corrected chi connectivity index (χ4v) is 2.13.